The molecule has 0 atom stereocenters. The second-order valence-electron chi connectivity index (χ2n) is 7.55. The monoisotopic (exact) mass is 439 g/mol. The van der Waals surface area contributed by atoms with Crippen LogP contribution in [-0.4, -0.2) is 33.9 Å². The third-order valence-electron chi connectivity index (χ3n) is 5.28. The van der Waals surface area contributed by atoms with Gasteiger partial charge in [-0.1, -0.05) is 48.9 Å². The molecule has 1 N–H and O–H groups in total. The average Bonchev–Trinajstić information content (AvgIpc) is 3.26. The van der Waals surface area contributed by atoms with Crippen molar-refractivity contribution < 1.29 is 0 Å². The van der Waals surface area contributed by atoms with Crippen LogP contribution in [0.5, 0.6) is 0 Å². The van der Waals surface area contributed by atoms with E-state index < -0.39 is 11.2 Å². The molecule has 0 fully saturated rings. The number of hydrogen-bond acceptors (Lipinski definition) is 6. The molecule has 0 amide bonds. The number of fused-ring (bicyclic) bond motifs is 1. The predicted octanol–water partition coefficient (Wildman–Crippen LogP) is 2.62. The minimum Gasteiger partial charge on any atom is -0.325 e. The topological polar surface area (TPSA) is 103 Å². The molecule has 4 rings (SSSR count). The van der Waals surface area contributed by atoms with Crippen molar-refractivity contribution in [2.24, 2.45) is 14.1 Å². The molecule has 0 saturated heterocycles. The van der Waals surface area contributed by atoms with E-state index in [0.717, 1.165) is 34.9 Å². The first-order valence-corrected chi connectivity index (χ1v) is 11.2. The van der Waals surface area contributed by atoms with Gasteiger partial charge in [0.2, 0.25) is 0 Å². The fraction of sp³-hybridized carbons (Fsp3) is 0.381. The SMILES string of the molecule is CCCCn1c(=O)[nH]c(=O)c2c1nc(CSc1nnc(-c3cccc(C)c3)n1C)n2C. The summed E-state index contributed by atoms with van der Waals surface area (Å²) in [6.45, 7) is 4.62. The fourth-order valence-electron chi connectivity index (χ4n) is 3.55. The van der Waals surface area contributed by atoms with Gasteiger partial charge < -0.3 is 9.13 Å². The maximum atomic E-state index is 12.4. The lowest BCUT2D eigenvalue weighted by atomic mass is 10.1. The van der Waals surface area contributed by atoms with Crippen molar-refractivity contribution in [3.05, 3.63) is 56.5 Å². The van der Waals surface area contributed by atoms with E-state index in [1.807, 2.05) is 36.7 Å². The van der Waals surface area contributed by atoms with E-state index in [1.165, 1.54) is 11.8 Å². The summed E-state index contributed by atoms with van der Waals surface area (Å²) in [6, 6.07) is 8.13. The quantitative estimate of drug-likeness (QED) is 0.444. The van der Waals surface area contributed by atoms with Gasteiger partial charge in [0.15, 0.2) is 22.1 Å². The molecule has 0 aliphatic heterocycles. The molecule has 0 spiro atoms. The zero-order chi connectivity index (χ0) is 22.1. The van der Waals surface area contributed by atoms with Crippen molar-refractivity contribution in [1.29, 1.82) is 0 Å². The normalized spacial score (nSPS) is 11.5. The molecule has 0 aliphatic carbocycles. The number of H-pyrrole nitrogens is 1. The molecule has 0 saturated carbocycles. The van der Waals surface area contributed by atoms with Crippen molar-refractivity contribution in [3.8, 4) is 11.4 Å². The first-order valence-electron chi connectivity index (χ1n) is 10.2. The number of imidazole rings is 1. The van der Waals surface area contributed by atoms with Crippen LogP contribution in [0.25, 0.3) is 22.6 Å². The van der Waals surface area contributed by atoms with Crippen molar-refractivity contribution in [2.45, 2.75) is 44.1 Å². The molecule has 9 nitrogen and oxygen atoms in total. The molecule has 0 unspecified atom stereocenters. The third-order valence-corrected chi connectivity index (χ3v) is 6.30. The van der Waals surface area contributed by atoms with E-state index in [4.69, 9.17) is 0 Å². The Hall–Kier alpha value is -3.14. The number of benzene rings is 1. The highest BCUT2D eigenvalue weighted by atomic mass is 32.2. The van der Waals surface area contributed by atoms with E-state index in [9.17, 15) is 9.59 Å². The lowest BCUT2D eigenvalue weighted by molar-refractivity contribution is 0.613. The molecular weight excluding hydrogens is 414 g/mol. The molecule has 0 radical (unpaired) electrons. The Bertz CT molecular complexity index is 1360. The first-order chi connectivity index (χ1) is 14.9. The van der Waals surface area contributed by atoms with Crippen molar-refractivity contribution >= 4 is 22.9 Å². The average molecular weight is 440 g/mol. The van der Waals surface area contributed by atoms with Gasteiger partial charge in [-0.2, -0.15) is 0 Å². The second-order valence-corrected chi connectivity index (χ2v) is 8.49. The Labute approximate surface area is 183 Å². The van der Waals surface area contributed by atoms with Crippen LogP contribution < -0.4 is 11.2 Å². The minimum absolute atomic E-state index is 0.407. The number of aromatic nitrogens is 7. The van der Waals surface area contributed by atoms with Crippen LogP contribution in [0.15, 0.2) is 39.0 Å². The van der Waals surface area contributed by atoms with Crippen LogP contribution in [0.3, 0.4) is 0 Å². The number of unbranched alkanes of at least 4 members (excludes halogenated alkanes) is 1. The molecule has 10 heteroatoms. The van der Waals surface area contributed by atoms with E-state index in [1.54, 1.807) is 16.2 Å². The summed E-state index contributed by atoms with van der Waals surface area (Å²) in [5.74, 6) is 1.98. The number of rotatable bonds is 7. The van der Waals surface area contributed by atoms with Crippen molar-refractivity contribution in [2.75, 3.05) is 0 Å². The smallest absolute Gasteiger partial charge is 0.325 e. The molecule has 3 heterocycles. The lowest BCUT2D eigenvalue weighted by Gasteiger charge is -2.05. The molecule has 4 aromatic rings. The third kappa shape index (κ3) is 3.95. The highest BCUT2D eigenvalue weighted by Crippen LogP contribution is 2.26. The van der Waals surface area contributed by atoms with Crippen molar-refractivity contribution in [3.63, 3.8) is 0 Å². The second kappa shape index (κ2) is 8.54. The summed E-state index contributed by atoms with van der Waals surface area (Å²) in [7, 11) is 3.73. The predicted molar refractivity (Wildman–Crippen MR) is 121 cm³/mol. The Morgan fingerprint density at radius 2 is 1.94 bits per heavy atom. The summed E-state index contributed by atoms with van der Waals surface area (Å²) in [4.78, 5) is 31.8. The molecule has 162 valence electrons. The van der Waals surface area contributed by atoms with Gasteiger partial charge in [0.25, 0.3) is 5.56 Å². The minimum atomic E-state index is -0.417. The zero-order valence-electron chi connectivity index (χ0n) is 18.0. The summed E-state index contributed by atoms with van der Waals surface area (Å²) in [6.07, 6.45) is 1.78. The van der Waals surface area contributed by atoms with Crippen LogP contribution in [0.1, 0.15) is 31.2 Å². The van der Waals surface area contributed by atoms with Crippen molar-refractivity contribution in [1.82, 2.24) is 33.9 Å². The summed E-state index contributed by atoms with van der Waals surface area (Å²) in [5.41, 5.74) is 2.17. The van der Waals surface area contributed by atoms with Gasteiger partial charge >= 0.3 is 5.69 Å². The van der Waals surface area contributed by atoms with Gasteiger partial charge in [0.1, 0.15) is 5.82 Å². The Kier molecular flexibility index (Phi) is 5.81. The Morgan fingerprint density at radius 3 is 2.68 bits per heavy atom. The zero-order valence-corrected chi connectivity index (χ0v) is 18.9. The number of hydrogen-bond donors (Lipinski definition) is 1. The lowest BCUT2D eigenvalue weighted by Crippen LogP contribution is -2.31. The van der Waals surface area contributed by atoms with Gasteiger partial charge in [-0.25, -0.2) is 9.78 Å². The molecule has 3 aromatic heterocycles. The maximum Gasteiger partial charge on any atom is 0.330 e. The van der Waals surface area contributed by atoms with Crippen LogP contribution in [0.2, 0.25) is 0 Å². The number of nitrogens with zero attached hydrogens (tertiary/aromatic N) is 6. The number of thioether (sulfide) groups is 1. The van der Waals surface area contributed by atoms with Gasteiger partial charge in [-0.05, 0) is 19.4 Å². The summed E-state index contributed by atoms with van der Waals surface area (Å²) in [5, 5.41) is 9.42. The van der Waals surface area contributed by atoms with Crippen LogP contribution in [-0.2, 0) is 26.4 Å². The fourth-order valence-corrected chi connectivity index (χ4v) is 4.44. The molecule has 1 aromatic carbocycles. The highest BCUT2D eigenvalue weighted by Gasteiger charge is 2.18. The summed E-state index contributed by atoms with van der Waals surface area (Å²) >= 11 is 1.49. The number of aryl methyl sites for hydroxylation is 3. The van der Waals surface area contributed by atoms with Gasteiger partial charge in [-0.3, -0.25) is 14.3 Å². The number of aromatic amines is 1. The largest absolute Gasteiger partial charge is 0.330 e. The Balaban J connectivity index is 1.64. The maximum absolute atomic E-state index is 12.4. The molecule has 31 heavy (non-hydrogen) atoms. The van der Waals surface area contributed by atoms with E-state index >= 15 is 0 Å². The van der Waals surface area contributed by atoms with Crippen LogP contribution >= 0.6 is 11.8 Å². The van der Waals surface area contributed by atoms with E-state index in [0.29, 0.717) is 29.3 Å². The van der Waals surface area contributed by atoms with Gasteiger partial charge in [0, 0.05) is 26.2 Å². The Morgan fingerprint density at radius 1 is 1.13 bits per heavy atom. The summed E-state index contributed by atoms with van der Waals surface area (Å²) < 4.78 is 5.25. The molecule has 0 bridgehead atoms. The standard InChI is InChI=1S/C21H25N7O2S/c1-5-6-10-28-18-16(19(29)23-20(28)30)26(3)15(22-18)12-31-21-25-24-17(27(21)4)14-9-7-8-13(2)11-14/h7-9,11H,5-6,10,12H2,1-4H3,(H,23,29,30). The van der Waals surface area contributed by atoms with Crippen LogP contribution in [0, 0.1) is 6.92 Å². The molecule has 0 aliphatic rings. The first kappa shape index (κ1) is 21.1. The van der Waals surface area contributed by atoms with Crippen LogP contribution in [0.4, 0.5) is 0 Å². The van der Waals surface area contributed by atoms with E-state index in [-0.39, 0.29) is 0 Å². The highest BCUT2D eigenvalue weighted by molar-refractivity contribution is 7.98. The van der Waals surface area contributed by atoms with Gasteiger partial charge in [-0.15, -0.1) is 10.2 Å². The van der Waals surface area contributed by atoms with Gasteiger partial charge in [0.05, 0.1) is 5.75 Å². The van der Waals surface area contributed by atoms with E-state index in [2.05, 4.69) is 33.2 Å². The number of nitrogens with one attached hydrogen (secondary N) is 1. The molecular formula is C21H25N7O2S.